The van der Waals surface area contributed by atoms with E-state index in [0.717, 1.165) is 11.3 Å². The third kappa shape index (κ3) is 2.83. The van der Waals surface area contributed by atoms with Crippen LogP contribution in [0.4, 0.5) is 10.5 Å². The van der Waals surface area contributed by atoms with E-state index in [9.17, 15) is 9.59 Å². The molecule has 1 saturated heterocycles. The van der Waals surface area contributed by atoms with E-state index in [-0.39, 0.29) is 18.0 Å². The summed E-state index contributed by atoms with van der Waals surface area (Å²) in [7, 11) is 1.58. The lowest BCUT2D eigenvalue weighted by atomic mass is 10.0. The number of anilines is 1. The first-order valence-corrected chi connectivity index (χ1v) is 8.35. The highest BCUT2D eigenvalue weighted by atomic mass is 16.6. The molecule has 1 aromatic carbocycles. The third-order valence-corrected chi connectivity index (χ3v) is 4.67. The van der Waals surface area contributed by atoms with E-state index in [2.05, 4.69) is 9.97 Å². The summed E-state index contributed by atoms with van der Waals surface area (Å²) in [4.78, 5) is 36.6. The number of carbonyl (C=O) groups excluding carboxylic acids is 2. The fraction of sp³-hybridized carbons (Fsp3) is 0.333. The molecule has 4 rings (SSSR count). The molecule has 1 aromatic heterocycles. The summed E-state index contributed by atoms with van der Waals surface area (Å²) in [5, 5.41) is 0. The molecular formula is C18H18N4O4. The van der Waals surface area contributed by atoms with Gasteiger partial charge in [-0.25, -0.2) is 9.78 Å². The Kier molecular flexibility index (Phi) is 4.16. The Bertz CT molecular complexity index is 842. The number of aromatic nitrogens is 2. The van der Waals surface area contributed by atoms with Crippen LogP contribution in [0.2, 0.25) is 0 Å². The SMILES string of the molecule is COc1ccc2c(c1)CN(C(=O)c1cnccn1)CCC1COC(=O)N21. The smallest absolute Gasteiger partial charge is 0.414 e. The zero-order valence-electron chi connectivity index (χ0n) is 14.3. The maximum absolute atomic E-state index is 12.9. The number of ether oxygens (including phenoxy) is 2. The predicted octanol–water partition coefficient (Wildman–Crippen LogP) is 1.86. The van der Waals surface area contributed by atoms with Gasteiger partial charge in [0.25, 0.3) is 5.91 Å². The van der Waals surface area contributed by atoms with Crippen LogP contribution in [-0.2, 0) is 11.3 Å². The Labute approximate surface area is 150 Å². The van der Waals surface area contributed by atoms with Crippen LogP contribution in [0.5, 0.6) is 5.75 Å². The maximum Gasteiger partial charge on any atom is 0.414 e. The van der Waals surface area contributed by atoms with Gasteiger partial charge in [-0.2, -0.15) is 0 Å². The van der Waals surface area contributed by atoms with Crippen LogP contribution in [0.15, 0.2) is 36.8 Å². The number of nitrogens with zero attached hydrogens (tertiary/aromatic N) is 4. The number of amides is 2. The second-order valence-electron chi connectivity index (χ2n) is 6.20. The van der Waals surface area contributed by atoms with Crippen LogP contribution in [0.25, 0.3) is 0 Å². The summed E-state index contributed by atoms with van der Waals surface area (Å²) in [5.74, 6) is 0.478. The van der Waals surface area contributed by atoms with E-state index in [1.165, 1.54) is 18.6 Å². The van der Waals surface area contributed by atoms with Crippen molar-refractivity contribution in [1.82, 2.24) is 14.9 Å². The Balaban J connectivity index is 1.73. The minimum Gasteiger partial charge on any atom is -0.497 e. The summed E-state index contributed by atoms with van der Waals surface area (Å²) in [6, 6.07) is 5.38. The van der Waals surface area contributed by atoms with Crippen LogP contribution in [0.1, 0.15) is 22.5 Å². The molecule has 2 aromatic rings. The van der Waals surface area contributed by atoms with Crippen LogP contribution in [-0.4, -0.2) is 53.2 Å². The van der Waals surface area contributed by atoms with E-state index < -0.39 is 0 Å². The molecule has 26 heavy (non-hydrogen) atoms. The number of cyclic esters (lactones) is 1. The lowest BCUT2D eigenvalue weighted by molar-refractivity contribution is 0.0728. The van der Waals surface area contributed by atoms with E-state index in [1.807, 2.05) is 12.1 Å². The van der Waals surface area contributed by atoms with Gasteiger partial charge in [0, 0.05) is 25.5 Å². The van der Waals surface area contributed by atoms with Gasteiger partial charge in [-0.05, 0) is 30.2 Å². The van der Waals surface area contributed by atoms with Crippen molar-refractivity contribution in [2.45, 2.75) is 19.0 Å². The minimum absolute atomic E-state index is 0.105. The summed E-state index contributed by atoms with van der Waals surface area (Å²) in [6.45, 7) is 1.15. The summed E-state index contributed by atoms with van der Waals surface area (Å²) >= 11 is 0. The molecule has 0 bridgehead atoms. The van der Waals surface area contributed by atoms with Gasteiger partial charge in [-0.15, -0.1) is 0 Å². The number of methoxy groups -OCH3 is 1. The third-order valence-electron chi connectivity index (χ3n) is 4.67. The van der Waals surface area contributed by atoms with Crippen LogP contribution in [0.3, 0.4) is 0 Å². The van der Waals surface area contributed by atoms with Gasteiger partial charge >= 0.3 is 6.09 Å². The number of fused-ring (bicyclic) bond motifs is 3. The number of hydrogen-bond donors (Lipinski definition) is 0. The molecule has 1 unspecified atom stereocenters. The quantitative estimate of drug-likeness (QED) is 0.818. The number of hydrogen-bond acceptors (Lipinski definition) is 6. The minimum atomic E-state index is -0.352. The van der Waals surface area contributed by atoms with Gasteiger partial charge in [0.2, 0.25) is 0 Å². The zero-order valence-corrected chi connectivity index (χ0v) is 14.3. The zero-order chi connectivity index (χ0) is 18.1. The lowest BCUT2D eigenvalue weighted by Gasteiger charge is -2.32. The topological polar surface area (TPSA) is 84.9 Å². The Morgan fingerprint density at radius 3 is 3.00 bits per heavy atom. The van der Waals surface area contributed by atoms with Crippen molar-refractivity contribution < 1.29 is 19.1 Å². The molecule has 8 nitrogen and oxygen atoms in total. The van der Waals surface area contributed by atoms with E-state index in [1.54, 1.807) is 23.0 Å². The molecule has 0 saturated carbocycles. The van der Waals surface area contributed by atoms with Gasteiger partial charge in [-0.1, -0.05) is 0 Å². The van der Waals surface area contributed by atoms with Crippen molar-refractivity contribution in [3.8, 4) is 5.75 Å². The Morgan fingerprint density at radius 2 is 2.23 bits per heavy atom. The van der Waals surface area contributed by atoms with E-state index in [4.69, 9.17) is 9.47 Å². The number of carbonyl (C=O) groups is 2. The maximum atomic E-state index is 12.9. The lowest BCUT2D eigenvalue weighted by Crippen LogP contribution is -2.42. The fourth-order valence-electron chi connectivity index (χ4n) is 3.35. The van der Waals surface area contributed by atoms with E-state index in [0.29, 0.717) is 37.6 Å². The fourth-order valence-corrected chi connectivity index (χ4v) is 3.35. The normalized spacial score (nSPS) is 19.1. The van der Waals surface area contributed by atoms with Crippen molar-refractivity contribution in [2.24, 2.45) is 0 Å². The average Bonchev–Trinajstić information content (AvgIpc) is 3.03. The molecule has 3 heterocycles. The Morgan fingerprint density at radius 1 is 1.35 bits per heavy atom. The van der Waals surface area contributed by atoms with Gasteiger partial charge in [0.05, 0.1) is 25.0 Å². The van der Waals surface area contributed by atoms with Gasteiger partial charge < -0.3 is 14.4 Å². The summed E-state index contributed by atoms with van der Waals surface area (Å²) in [6.07, 6.45) is 4.77. The molecule has 0 aliphatic carbocycles. The highest BCUT2D eigenvalue weighted by Gasteiger charge is 2.38. The second-order valence-corrected chi connectivity index (χ2v) is 6.20. The van der Waals surface area contributed by atoms with Crippen molar-refractivity contribution in [1.29, 1.82) is 0 Å². The molecule has 0 N–H and O–H groups in total. The Hall–Kier alpha value is -3.16. The summed E-state index contributed by atoms with van der Waals surface area (Å²) in [5.41, 5.74) is 1.87. The first-order chi connectivity index (χ1) is 12.7. The molecule has 0 spiro atoms. The van der Waals surface area contributed by atoms with Crippen LogP contribution in [0, 0.1) is 0 Å². The molecule has 2 aliphatic rings. The van der Waals surface area contributed by atoms with Crippen molar-refractivity contribution in [2.75, 3.05) is 25.2 Å². The standard InChI is InChI=1S/C18H18N4O4/c1-25-14-2-3-16-12(8-14)10-21(17(23)15-9-19-5-6-20-15)7-4-13-11-26-18(24)22(13)16/h2-3,5-6,8-9,13H,4,7,10-11H2,1H3. The van der Waals surface area contributed by atoms with Crippen molar-refractivity contribution >= 4 is 17.7 Å². The highest BCUT2D eigenvalue weighted by molar-refractivity contribution is 5.93. The second kappa shape index (κ2) is 6.62. The molecule has 2 amide bonds. The molecule has 1 fully saturated rings. The predicted molar refractivity (Wildman–Crippen MR) is 92.0 cm³/mol. The largest absolute Gasteiger partial charge is 0.497 e. The number of rotatable bonds is 2. The highest BCUT2D eigenvalue weighted by Crippen LogP contribution is 2.34. The molecular weight excluding hydrogens is 336 g/mol. The molecule has 8 heteroatoms. The van der Waals surface area contributed by atoms with Gasteiger partial charge in [0.1, 0.15) is 18.1 Å². The summed E-state index contributed by atoms with van der Waals surface area (Å²) < 4.78 is 10.5. The van der Waals surface area contributed by atoms with Crippen molar-refractivity contribution in [3.63, 3.8) is 0 Å². The first-order valence-electron chi connectivity index (χ1n) is 8.35. The average molecular weight is 354 g/mol. The van der Waals surface area contributed by atoms with Gasteiger partial charge in [-0.3, -0.25) is 14.7 Å². The number of benzene rings is 1. The monoisotopic (exact) mass is 354 g/mol. The molecule has 1 atom stereocenters. The van der Waals surface area contributed by atoms with Crippen LogP contribution >= 0.6 is 0 Å². The van der Waals surface area contributed by atoms with Crippen molar-refractivity contribution in [3.05, 3.63) is 48.0 Å². The molecule has 2 aliphatic heterocycles. The molecule has 0 radical (unpaired) electrons. The first kappa shape index (κ1) is 16.3. The van der Waals surface area contributed by atoms with Gasteiger partial charge in [0.15, 0.2) is 0 Å². The van der Waals surface area contributed by atoms with E-state index >= 15 is 0 Å². The molecule has 134 valence electrons. The van der Waals surface area contributed by atoms with Crippen LogP contribution < -0.4 is 9.64 Å².